The maximum absolute atomic E-state index is 5.94. The van der Waals surface area contributed by atoms with Crippen LogP contribution in [0.2, 0.25) is 5.02 Å². The van der Waals surface area contributed by atoms with Gasteiger partial charge in [0.15, 0.2) is 0 Å². The first-order valence-electron chi connectivity index (χ1n) is 5.30. The lowest BCUT2D eigenvalue weighted by Crippen LogP contribution is -2.33. The molecule has 1 aliphatic rings. The average Bonchev–Trinajstić information content (AvgIpc) is 2.29. The van der Waals surface area contributed by atoms with Gasteiger partial charge in [-0.25, -0.2) is 4.98 Å². The molecule has 6 heteroatoms. The summed E-state index contributed by atoms with van der Waals surface area (Å²) in [4.78, 5) is 4.09. The summed E-state index contributed by atoms with van der Waals surface area (Å²) in [6.07, 6.45) is 4.14. The molecule has 0 amide bonds. The highest BCUT2D eigenvalue weighted by Gasteiger charge is 2.14. The number of aromatic nitrogens is 1. The van der Waals surface area contributed by atoms with E-state index in [-0.39, 0.29) is 24.8 Å². The molecule has 1 aliphatic heterocycles. The molecule has 0 bridgehead atoms. The summed E-state index contributed by atoms with van der Waals surface area (Å²) >= 11 is 5.94. The third kappa shape index (κ3) is 5.30. The standard InChI is InChI=1S/C11H15ClN2O.2ClH/c12-10-4-2-6-14-11(10)15-8-9-3-1-5-13-7-9;;/h2,4,6,9,13H,1,3,5,7-8H2;2*1H. The number of nitrogens with zero attached hydrogens (tertiary/aromatic N) is 1. The zero-order valence-electron chi connectivity index (χ0n) is 9.39. The molecule has 1 atom stereocenters. The Kier molecular flexibility index (Phi) is 8.70. The third-order valence-electron chi connectivity index (χ3n) is 2.58. The van der Waals surface area contributed by atoms with Gasteiger partial charge in [0.2, 0.25) is 5.88 Å². The van der Waals surface area contributed by atoms with Gasteiger partial charge >= 0.3 is 0 Å². The van der Waals surface area contributed by atoms with Gasteiger partial charge in [0.25, 0.3) is 0 Å². The molecule has 1 N–H and O–H groups in total. The second-order valence-corrected chi connectivity index (χ2v) is 4.22. The van der Waals surface area contributed by atoms with E-state index in [2.05, 4.69) is 10.3 Å². The molecule has 3 nitrogen and oxygen atoms in total. The molecule has 2 rings (SSSR count). The lowest BCUT2D eigenvalue weighted by molar-refractivity contribution is 0.212. The summed E-state index contributed by atoms with van der Waals surface area (Å²) in [5.74, 6) is 1.13. The number of ether oxygens (including phenoxy) is 1. The molecular formula is C11H17Cl3N2O. The molecule has 1 aromatic rings. The second kappa shape index (κ2) is 8.81. The smallest absolute Gasteiger partial charge is 0.232 e. The minimum absolute atomic E-state index is 0. The number of hydrogen-bond acceptors (Lipinski definition) is 3. The minimum atomic E-state index is 0. The summed E-state index contributed by atoms with van der Waals surface area (Å²) in [6, 6.07) is 3.60. The number of nitrogens with one attached hydrogen (secondary N) is 1. The van der Waals surface area contributed by atoms with Crippen LogP contribution in [0.5, 0.6) is 5.88 Å². The first-order valence-corrected chi connectivity index (χ1v) is 5.68. The molecule has 0 spiro atoms. The number of piperidine rings is 1. The lowest BCUT2D eigenvalue weighted by Gasteiger charge is -2.22. The fraction of sp³-hybridized carbons (Fsp3) is 0.545. The third-order valence-corrected chi connectivity index (χ3v) is 2.87. The van der Waals surface area contributed by atoms with Crippen LogP contribution >= 0.6 is 36.4 Å². The van der Waals surface area contributed by atoms with Crippen molar-refractivity contribution >= 4 is 36.4 Å². The Labute approximate surface area is 119 Å². The van der Waals surface area contributed by atoms with Gasteiger partial charge < -0.3 is 10.1 Å². The Morgan fingerprint density at radius 3 is 2.94 bits per heavy atom. The predicted molar refractivity (Wildman–Crippen MR) is 74.8 cm³/mol. The summed E-state index contributed by atoms with van der Waals surface area (Å²) in [5.41, 5.74) is 0. The monoisotopic (exact) mass is 298 g/mol. The molecule has 2 heterocycles. The highest BCUT2D eigenvalue weighted by Crippen LogP contribution is 2.21. The van der Waals surface area contributed by atoms with E-state index >= 15 is 0 Å². The molecule has 1 aromatic heterocycles. The summed E-state index contributed by atoms with van der Waals surface area (Å²) in [6.45, 7) is 2.86. The van der Waals surface area contributed by atoms with E-state index in [9.17, 15) is 0 Å². The Balaban J connectivity index is 0.00000128. The normalized spacial score (nSPS) is 18.8. The van der Waals surface area contributed by atoms with Crippen LogP contribution in [0.4, 0.5) is 0 Å². The van der Waals surface area contributed by atoms with Crippen LogP contribution in [-0.2, 0) is 0 Å². The number of pyridine rings is 1. The molecule has 0 radical (unpaired) electrons. The van der Waals surface area contributed by atoms with Crippen LogP contribution < -0.4 is 10.1 Å². The molecule has 0 saturated carbocycles. The molecule has 1 unspecified atom stereocenters. The lowest BCUT2D eigenvalue weighted by atomic mass is 10.0. The minimum Gasteiger partial charge on any atom is -0.476 e. The Morgan fingerprint density at radius 1 is 1.47 bits per heavy atom. The zero-order chi connectivity index (χ0) is 10.5. The van der Waals surface area contributed by atoms with Gasteiger partial charge in [-0.3, -0.25) is 0 Å². The summed E-state index contributed by atoms with van der Waals surface area (Å²) in [7, 11) is 0. The van der Waals surface area contributed by atoms with Gasteiger partial charge in [-0.15, -0.1) is 24.8 Å². The Bertz CT molecular complexity index is 319. The van der Waals surface area contributed by atoms with Crippen LogP contribution in [0.3, 0.4) is 0 Å². The second-order valence-electron chi connectivity index (χ2n) is 3.81. The maximum atomic E-state index is 5.94. The van der Waals surface area contributed by atoms with Crippen molar-refractivity contribution in [1.82, 2.24) is 10.3 Å². The molecular weight excluding hydrogens is 282 g/mol. The number of rotatable bonds is 3. The topological polar surface area (TPSA) is 34.1 Å². The average molecular weight is 300 g/mol. The summed E-state index contributed by atoms with van der Waals surface area (Å²) < 4.78 is 5.59. The molecule has 0 aromatic carbocycles. The molecule has 1 fully saturated rings. The van der Waals surface area contributed by atoms with Gasteiger partial charge in [0.05, 0.1) is 6.61 Å². The Morgan fingerprint density at radius 2 is 2.29 bits per heavy atom. The highest BCUT2D eigenvalue weighted by molar-refractivity contribution is 6.31. The Hall–Kier alpha value is -0.220. The highest BCUT2D eigenvalue weighted by atomic mass is 35.5. The predicted octanol–water partition coefficient (Wildman–Crippen LogP) is 2.96. The van der Waals surface area contributed by atoms with E-state index in [1.54, 1.807) is 18.3 Å². The van der Waals surface area contributed by atoms with Crippen molar-refractivity contribution in [3.05, 3.63) is 23.4 Å². The van der Waals surface area contributed by atoms with Gasteiger partial charge in [-0.05, 0) is 31.5 Å². The van der Waals surface area contributed by atoms with Crippen molar-refractivity contribution < 1.29 is 4.74 Å². The van der Waals surface area contributed by atoms with E-state index in [4.69, 9.17) is 16.3 Å². The van der Waals surface area contributed by atoms with Crippen molar-refractivity contribution in [1.29, 1.82) is 0 Å². The van der Waals surface area contributed by atoms with Crippen molar-refractivity contribution in [3.8, 4) is 5.88 Å². The quantitative estimate of drug-likeness (QED) is 0.932. The van der Waals surface area contributed by atoms with Crippen LogP contribution in [0.15, 0.2) is 18.3 Å². The van der Waals surface area contributed by atoms with Gasteiger partial charge in [0, 0.05) is 18.7 Å². The SMILES string of the molecule is Cl.Cl.Clc1cccnc1OCC1CCCNC1. The fourth-order valence-corrected chi connectivity index (χ4v) is 1.92. The van der Waals surface area contributed by atoms with Crippen molar-refractivity contribution in [2.45, 2.75) is 12.8 Å². The van der Waals surface area contributed by atoms with Crippen LogP contribution in [0, 0.1) is 5.92 Å². The molecule has 17 heavy (non-hydrogen) atoms. The van der Waals surface area contributed by atoms with Gasteiger partial charge in [-0.1, -0.05) is 11.6 Å². The first kappa shape index (κ1) is 16.8. The van der Waals surface area contributed by atoms with Gasteiger partial charge in [0.1, 0.15) is 5.02 Å². The molecule has 0 aliphatic carbocycles. The summed E-state index contributed by atoms with van der Waals surface area (Å²) in [5, 5.41) is 3.94. The fourth-order valence-electron chi connectivity index (χ4n) is 1.74. The molecule has 98 valence electrons. The van der Waals surface area contributed by atoms with Crippen LogP contribution in [0.1, 0.15) is 12.8 Å². The maximum Gasteiger partial charge on any atom is 0.232 e. The number of halogens is 3. The van der Waals surface area contributed by atoms with Crippen molar-refractivity contribution in [2.24, 2.45) is 5.92 Å². The largest absolute Gasteiger partial charge is 0.476 e. The van der Waals surface area contributed by atoms with Crippen molar-refractivity contribution in [2.75, 3.05) is 19.7 Å². The first-order chi connectivity index (χ1) is 7.36. The van der Waals surface area contributed by atoms with E-state index in [1.807, 2.05) is 0 Å². The van der Waals surface area contributed by atoms with Gasteiger partial charge in [-0.2, -0.15) is 0 Å². The zero-order valence-corrected chi connectivity index (χ0v) is 11.8. The van der Waals surface area contributed by atoms with Crippen molar-refractivity contribution in [3.63, 3.8) is 0 Å². The molecule has 1 saturated heterocycles. The number of hydrogen-bond donors (Lipinski definition) is 1. The van der Waals surface area contributed by atoms with E-state index < -0.39 is 0 Å². The van der Waals surface area contributed by atoms with E-state index in [1.165, 1.54) is 12.8 Å². The van der Waals surface area contributed by atoms with Crippen LogP contribution in [-0.4, -0.2) is 24.7 Å². The van der Waals surface area contributed by atoms with Crippen LogP contribution in [0.25, 0.3) is 0 Å². The van der Waals surface area contributed by atoms with E-state index in [0.29, 0.717) is 23.4 Å². The van der Waals surface area contributed by atoms with E-state index in [0.717, 1.165) is 13.1 Å².